The van der Waals surface area contributed by atoms with E-state index in [1.807, 2.05) is 13.2 Å². The molecule has 1 aliphatic carbocycles. The van der Waals surface area contributed by atoms with Crippen LogP contribution < -0.4 is 5.32 Å². The maximum absolute atomic E-state index is 6.00. The molecule has 2 atom stereocenters. The standard InChI is InChI=1S/C13H19BrN2O/c1-15-12-4-2-3-5-13(12)17-9-10-6-11(14)8-16-7-10/h6-8,12-13,15H,2-5,9H2,1H3. The van der Waals surface area contributed by atoms with Gasteiger partial charge in [-0.05, 0) is 47.4 Å². The Morgan fingerprint density at radius 3 is 3.00 bits per heavy atom. The molecule has 3 nitrogen and oxygen atoms in total. The summed E-state index contributed by atoms with van der Waals surface area (Å²) in [6.45, 7) is 0.648. The SMILES string of the molecule is CNC1CCCCC1OCc1cncc(Br)c1. The zero-order valence-electron chi connectivity index (χ0n) is 10.2. The topological polar surface area (TPSA) is 34.1 Å². The van der Waals surface area contributed by atoms with Crippen molar-refractivity contribution in [3.8, 4) is 0 Å². The van der Waals surface area contributed by atoms with Crippen LogP contribution in [0.5, 0.6) is 0 Å². The summed E-state index contributed by atoms with van der Waals surface area (Å²) in [7, 11) is 2.02. The molecule has 0 aliphatic heterocycles. The number of aromatic nitrogens is 1. The fourth-order valence-corrected chi connectivity index (χ4v) is 2.78. The molecule has 0 bridgehead atoms. The van der Waals surface area contributed by atoms with Gasteiger partial charge >= 0.3 is 0 Å². The van der Waals surface area contributed by atoms with E-state index in [-0.39, 0.29) is 0 Å². The molecule has 2 unspecified atom stereocenters. The van der Waals surface area contributed by atoms with E-state index in [1.54, 1.807) is 6.20 Å². The van der Waals surface area contributed by atoms with Crippen LogP contribution in [0.1, 0.15) is 31.2 Å². The molecule has 1 saturated carbocycles. The minimum Gasteiger partial charge on any atom is -0.372 e. The number of nitrogens with one attached hydrogen (secondary N) is 1. The molecular weight excluding hydrogens is 280 g/mol. The number of rotatable bonds is 4. The molecule has 4 heteroatoms. The number of hydrogen-bond donors (Lipinski definition) is 1. The highest BCUT2D eigenvalue weighted by Crippen LogP contribution is 2.22. The Morgan fingerprint density at radius 2 is 2.24 bits per heavy atom. The van der Waals surface area contributed by atoms with E-state index in [2.05, 4.69) is 32.3 Å². The maximum atomic E-state index is 6.00. The molecule has 0 radical (unpaired) electrons. The summed E-state index contributed by atoms with van der Waals surface area (Å²) >= 11 is 3.42. The first-order valence-electron chi connectivity index (χ1n) is 6.18. The molecule has 1 heterocycles. The molecule has 0 spiro atoms. The Balaban J connectivity index is 1.88. The Labute approximate surface area is 111 Å². The van der Waals surface area contributed by atoms with Crippen molar-refractivity contribution in [1.82, 2.24) is 10.3 Å². The van der Waals surface area contributed by atoms with Crippen molar-refractivity contribution in [2.45, 2.75) is 44.4 Å². The van der Waals surface area contributed by atoms with Gasteiger partial charge in [0.1, 0.15) is 0 Å². The molecule has 0 saturated heterocycles. The minimum absolute atomic E-state index is 0.340. The smallest absolute Gasteiger partial charge is 0.0736 e. The van der Waals surface area contributed by atoms with Gasteiger partial charge in [0.2, 0.25) is 0 Å². The minimum atomic E-state index is 0.340. The summed E-state index contributed by atoms with van der Waals surface area (Å²) in [6.07, 6.45) is 8.96. The fraction of sp³-hybridized carbons (Fsp3) is 0.615. The number of hydrogen-bond acceptors (Lipinski definition) is 3. The Kier molecular flexibility index (Phi) is 4.95. The van der Waals surface area contributed by atoms with Gasteiger partial charge in [0.25, 0.3) is 0 Å². The summed E-state index contributed by atoms with van der Waals surface area (Å²) < 4.78 is 7.01. The van der Waals surface area contributed by atoms with Crippen LogP contribution in [-0.4, -0.2) is 24.2 Å². The van der Waals surface area contributed by atoms with Crippen molar-refractivity contribution in [3.63, 3.8) is 0 Å². The largest absolute Gasteiger partial charge is 0.372 e. The van der Waals surface area contributed by atoms with E-state index in [0.717, 1.165) is 16.5 Å². The van der Waals surface area contributed by atoms with Crippen LogP contribution in [-0.2, 0) is 11.3 Å². The first kappa shape index (κ1) is 13.0. The summed E-state index contributed by atoms with van der Waals surface area (Å²) in [4.78, 5) is 4.14. The molecule has 1 aromatic heterocycles. The van der Waals surface area contributed by atoms with Crippen LogP contribution >= 0.6 is 15.9 Å². The van der Waals surface area contributed by atoms with Crippen molar-refractivity contribution in [2.75, 3.05) is 7.05 Å². The molecule has 17 heavy (non-hydrogen) atoms. The van der Waals surface area contributed by atoms with Crippen LogP contribution in [0.2, 0.25) is 0 Å². The number of ether oxygens (including phenoxy) is 1. The van der Waals surface area contributed by atoms with Crippen LogP contribution in [0.15, 0.2) is 22.9 Å². The zero-order valence-corrected chi connectivity index (χ0v) is 11.7. The quantitative estimate of drug-likeness (QED) is 0.928. The summed E-state index contributed by atoms with van der Waals surface area (Å²) in [5.41, 5.74) is 1.12. The highest BCUT2D eigenvalue weighted by molar-refractivity contribution is 9.10. The molecule has 94 valence electrons. The van der Waals surface area contributed by atoms with Gasteiger partial charge in [-0.2, -0.15) is 0 Å². The van der Waals surface area contributed by atoms with Gasteiger partial charge < -0.3 is 10.1 Å². The lowest BCUT2D eigenvalue weighted by Crippen LogP contribution is -2.41. The van der Waals surface area contributed by atoms with E-state index < -0.39 is 0 Å². The van der Waals surface area contributed by atoms with Gasteiger partial charge in [0.15, 0.2) is 0 Å². The van der Waals surface area contributed by atoms with Gasteiger partial charge in [0.05, 0.1) is 12.7 Å². The highest BCUT2D eigenvalue weighted by atomic mass is 79.9. The van der Waals surface area contributed by atoms with Crippen LogP contribution in [0, 0.1) is 0 Å². The lowest BCUT2D eigenvalue weighted by Gasteiger charge is -2.31. The normalized spacial score (nSPS) is 24.8. The van der Waals surface area contributed by atoms with Gasteiger partial charge in [-0.1, -0.05) is 12.8 Å². The Bertz CT molecular complexity index is 359. The number of nitrogens with zero attached hydrogens (tertiary/aromatic N) is 1. The van der Waals surface area contributed by atoms with Gasteiger partial charge in [-0.25, -0.2) is 0 Å². The highest BCUT2D eigenvalue weighted by Gasteiger charge is 2.24. The van der Waals surface area contributed by atoms with E-state index in [4.69, 9.17) is 4.74 Å². The average molecular weight is 299 g/mol. The average Bonchev–Trinajstić information content (AvgIpc) is 2.37. The van der Waals surface area contributed by atoms with Crippen molar-refractivity contribution >= 4 is 15.9 Å². The number of halogens is 1. The lowest BCUT2D eigenvalue weighted by molar-refractivity contribution is -0.00373. The van der Waals surface area contributed by atoms with E-state index in [1.165, 1.54) is 19.3 Å². The third kappa shape index (κ3) is 3.76. The second-order valence-corrected chi connectivity index (χ2v) is 5.46. The van der Waals surface area contributed by atoms with Crippen molar-refractivity contribution in [3.05, 3.63) is 28.5 Å². The molecule has 1 aliphatic rings. The first-order valence-corrected chi connectivity index (χ1v) is 6.97. The molecule has 0 amide bonds. The van der Waals surface area contributed by atoms with E-state index in [0.29, 0.717) is 18.8 Å². The molecule has 0 aromatic carbocycles. The van der Waals surface area contributed by atoms with Crippen LogP contribution in [0.25, 0.3) is 0 Å². The fourth-order valence-electron chi connectivity index (χ4n) is 2.36. The molecule has 1 aromatic rings. The molecule has 1 N–H and O–H groups in total. The van der Waals surface area contributed by atoms with Crippen LogP contribution in [0.3, 0.4) is 0 Å². The predicted octanol–water partition coefficient (Wildman–Crippen LogP) is 2.89. The summed E-state index contributed by atoms with van der Waals surface area (Å²) in [5, 5.41) is 3.35. The van der Waals surface area contributed by atoms with Crippen molar-refractivity contribution in [1.29, 1.82) is 0 Å². The maximum Gasteiger partial charge on any atom is 0.0736 e. The second kappa shape index (κ2) is 6.47. The number of likely N-dealkylation sites (N-methyl/N-ethyl adjacent to an activating group) is 1. The van der Waals surface area contributed by atoms with Crippen molar-refractivity contribution in [2.24, 2.45) is 0 Å². The van der Waals surface area contributed by atoms with Gasteiger partial charge in [-0.15, -0.1) is 0 Å². The van der Waals surface area contributed by atoms with E-state index >= 15 is 0 Å². The van der Waals surface area contributed by atoms with Crippen molar-refractivity contribution < 1.29 is 4.74 Å². The first-order chi connectivity index (χ1) is 8.29. The monoisotopic (exact) mass is 298 g/mol. The predicted molar refractivity (Wildman–Crippen MR) is 71.8 cm³/mol. The third-order valence-corrected chi connectivity index (χ3v) is 3.73. The Hall–Kier alpha value is -0.450. The lowest BCUT2D eigenvalue weighted by atomic mass is 9.92. The molecule has 1 fully saturated rings. The summed E-state index contributed by atoms with van der Waals surface area (Å²) in [6, 6.07) is 2.56. The Morgan fingerprint density at radius 1 is 1.41 bits per heavy atom. The number of pyridine rings is 1. The molecular formula is C13H19BrN2O. The summed E-state index contributed by atoms with van der Waals surface area (Å²) in [5.74, 6) is 0. The zero-order chi connectivity index (χ0) is 12.1. The van der Waals surface area contributed by atoms with Gasteiger partial charge in [-0.3, -0.25) is 4.98 Å². The van der Waals surface area contributed by atoms with E-state index in [9.17, 15) is 0 Å². The van der Waals surface area contributed by atoms with Crippen LogP contribution in [0.4, 0.5) is 0 Å². The molecule has 2 rings (SSSR count). The second-order valence-electron chi connectivity index (χ2n) is 4.54. The third-order valence-electron chi connectivity index (χ3n) is 3.30. The van der Waals surface area contributed by atoms with Gasteiger partial charge in [0, 0.05) is 22.9 Å².